The van der Waals surface area contributed by atoms with E-state index in [0.29, 0.717) is 0 Å². The Morgan fingerprint density at radius 1 is 1.33 bits per heavy atom. The molecule has 5 heteroatoms. The Balaban J connectivity index is 3.21. The lowest BCUT2D eigenvalue weighted by Crippen LogP contribution is -2.24. The van der Waals surface area contributed by atoms with Gasteiger partial charge in [-0.15, -0.1) is 0 Å². The predicted octanol–water partition coefficient (Wildman–Crippen LogP) is 1.96. The Bertz CT molecular complexity index is 393. The standard InChI is InChI=1S/C10H11F2NO2/c1-6(14)13(2)9-4-8(12)10(15-3)5-7(9)11/h4-5H,1-3H3. The van der Waals surface area contributed by atoms with Crippen LogP contribution in [0.1, 0.15) is 6.92 Å². The molecule has 1 amide bonds. The van der Waals surface area contributed by atoms with Gasteiger partial charge in [0.25, 0.3) is 0 Å². The number of rotatable bonds is 2. The van der Waals surface area contributed by atoms with Gasteiger partial charge in [0.15, 0.2) is 17.4 Å². The second kappa shape index (κ2) is 4.25. The minimum atomic E-state index is -0.706. The first-order chi connectivity index (χ1) is 6.97. The Morgan fingerprint density at radius 2 is 1.93 bits per heavy atom. The molecule has 0 N–H and O–H groups in total. The molecule has 1 rings (SSSR count). The molecule has 0 aromatic heterocycles. The molecular formula is C10H11F2NO2. The summed E-state index contributed by atoms with van der Waals surface area (Å²) in [6.45, 7) is 1.27. The van der Waals surface area contributed by atoms with Crippen LogP contribution >= 0.6 is 0 Å². The van der Waals surface area contributed by atoms with E-state index >= 15 is 0 Å². The molecule has 0 fully saturated rings. The third-order valence-corrected chi connectivity index (χ3v) is 2.05. The molecule has 82 valence electrons. The van der Waals surface area contributed by atoms with E-state index in [0.717, 1.165) is 17.0 Å². The predicted molar refractivity (Wildman–Crippen MR) is 52.0 cm³/mol. The summed E-state index contributed by atoms with van der Waals surface area (Å²) in [5, 5.41) is 0. The fraction of sp³-hybridized carbons (Fsp3) is 0.300. The van der Waals surface area contributed by atoms with Gasteiger partial charge in [-0.05, 0) is 0 Å². The SMILES string of the molecule is COc1cc(F)c(N(C)C(C)=O)cc1F. The first-order valence-corrected chi connectivity index (χ1v) is 4.24. The third kappa shape index (κ3) is 2.23. The van der Waals surface area contributed by atoms with E-state index in [1.807, 2.05) is 0 Å². The molecule has 0 bridgehead atoms. The van der Waals surface area contributed by atoms with Gasteiger partial charge >= 0.3 is 0 Å². The highest BCUT2D eigenvalue weighted by Crippen LogP contribution is 2.26. The number of methoxy groups -OCH3 is 1. The quantitative estimate of drug-likeness (QED) is 0.754. The highest BCUT2D eigenvalue weighted by molar-refractivity contribution is 5.91. The van der Waals surface area contributed by atoms with Crippen molar-refractivity contribution in [3.8, 4) is 5.75 Å². The molecule has 0 aliphatic carbocycles. The summed E-state index contributed by atoms with van der Waals surface area (Å²) in [6.07, 6.45) is 0. The van der Waals surface area contributed by atoms with Crippen LogP contribution in [-0.4, -0.2) is 20.1 Å². The zero-order chi connectivity index (χ0) is 11.6. The Labute approximate surface area is 86.3 Å². The molecule has 0 unspecified atom stereocenters. The van der Waals surface area contributed by atoms with Crippen LogP contribution in [0.5, 0.6) is 5.75 Å². The van der Waals surface area contributed by atoms with Crippen molar-refractivity contribution in [2.24, 2.45) is 0 Å². The van der Waals surface area contributed by atoms with Gasteiger partial charge in [-0.25, -0.2) is 8.78 Å². The van der Waals surface area contributed by atoms with Crippen LogP contribution in [-0.2, 0) is 4.79 Å². The molecule has 0 spiro atoms. The maximum Gasteiger partial charge on any atom is 0.223 e. The van der Waals surface area contributed by atoms with Gasteiger partial charge in [-0.1, -0.05) is 0 Å². The molecule has 1 aromatic rings. The molecular weight excluding hydrogens is 204 g/mol. The van der Waals surface area contributed by atoms with Crippen molar-refractivity contribution in [1.82, 2.24) is 0 Å². The number of nitrogens with zero attached hydrogens (tertiary/aromatic N) is 1. The van der Waals surface area contributed by atoms with Crippen LogP contribution in [0.3, 0.4) is 0 Å². The van der Waals surface area contributed by atoms with E-state index in [1.54, 1.807) is 0 Å². The van der Waals surface area contributed by atoms with E-state index in [9.17, 15) is 13.6 Å². The summed E-state index contributed by atoms with van der Waals surface area (Å²) >= 11 is 0. The topological polar surface area (TPSA) is 29.5 Å². The molecule has 0 aliphatic heterocycles. The van der Waals surface area contributed by atoms with E-state index in [4.69, 9.17) is 0 Å². The van der Waals surface area contributed by atoms with Crippen molar-refractivity contribution in [2.75, 3.05) is 19.1 Å². The van der Waals surface area contributed by atoms with Crippen molar-refractivity contribution in [2.45, 2.75) is 6.92 Å². The lowest BCUT2D eigenvalue weighted by atomic mass is 10.2. The number of anilines is 1. The second-order valence-corrected chi connectivity index (χ2v) is 3.02. The molecule has 0 heterocycles. The lowest BCUT2D eigenvalue weighted by Gasteiger charge is -2.16. The van der Waals surface area contributed by atoms with Crippen LogP contribution in [0.4, 0.5) is 14.5 Å². The van der Waals surface area contributed by atoms with Crippen LogP contribution in [0.25, 0.3) is 0 Å². The number of ether oxygens (including phenoxy) is 1. The van der Waals surface area contributed by atoms with Crippen molar-refractivity contribution in [3.63, 3.8) is 0 Å². The van der Waals surface area contributed by atoms with E-state index in [1.165, 1.54) is 21.1 Å². The van der Waals surface area contributed by atoms with Gasteiger partial charge in [0.05, 0.1) is 12.8 Å². The Morgan fingerprint density at radius 3 is 2.40 bits per heavy atom. The lowest BCUT2D eigenvalue weighted by molar-refractivity contribution is -0.116. The van der Waals surface area contributed by atoms with Gasteiger partial charge < -0.3 is 9.64 Å². The summed E-state index contributed by atoms with van der Waals surface area (Å²) in [5.74, 6) is -1.97. The summed E-state index contributed by atoms with van der Waals surface area (Å²) in [6, 6.07) is 1.83. The number of carbonyl (C=O) groups excluding carboxylic acids is 1. The molecule has 0 aliphatic rings. The third-order valence-electron chi connectivity index (χ3n) is 2.05. The maximum atomic E-state index is 13.4. The smallest absolute Gasteiger partial charge is 0.223 e. The molecule has 3 nitrogen and oxygen atoms in total. The highest BCUT2D eigenvalue weighted by Gasteiger charge is 2.15. The fourth-order valence-electron chi connectivity index (χ4n) is 1.10. The first-order valence-electron chi connectivity index (χ1n) is 4.24. The molecule has 0 radical (unpaired) electrons. The van der Waals surface area contributed by atoms with Crippen LogP contribution in [0.15, 0.2) is 12.1 Å². The highest BCUT2D eigenvalue weighted by atomic mass is 19.1. The summed E-state index contributed by atoms with van der Waals surface area (Å²) in [4.78, 5) is 12.0. The average Bonchev–Trinajstić information content (AvgIpc) is 2.19. The molecule has 1 aromatic carbocycles. The van der Waals surface area contributed by atoms with E-state index < -0.39 is 11.6 Å². The molecule has 0 saturated carbocycles. The van der Waals surface area contributed by atoms with Crippen LogP contribution < -0.4 is 9.64 Å². The summed E-state index contributed by atoms with van der Waals surface area (Å²) in [7, 11) is 2.61. The number of hydrogen-bond acceptors (Lipinski definition) is 2. The zero-order valence-electron chi connectivity index (χ0n) is 8.67. The van der Waals surface area contributed by atoms with Crippen molar-refractivity contribution < 1.29 is 18.3 Å². The minimum Gasteiger partial charge on any atom is -0.494 e. The fourth-order valence-corrected chi connectivity index (χ4v) is 1.10. The van der Waals surface area contributed by atoms with Gasteiger partial charge in [0.1, 0.15) is 0 Å². The van der Waals surface area contributed by atoms with E-state index in [-0.39, 0.29) is 17.3 Å². The number of amides is 1. The Hall–Kier alpha value is -1.65. The van der Waals surface area contributed by atoms with E-state index in [2.05, 4.69) is 4.74 Å². The Kier molecular flexibility index (Phi) is 3.24. The molecule has 0 saturated heterocycles. The largest absolute Gasteiger partial charge is 0.494 e. The van der Waals surface area contributed by atoms with Crippen molar-refractivity contribution in [1.29, 1.82) is 0 Å². The van der Waals surface area contributed by atoms with Gasteiger partial charge in [-0.2, -0.15) is 0 Å². The van der Waals surface area contributed by atoms with Gasteiger partial charge in [0, 0.05) is 26.1 Å². The minimum absolute atomic E-state index is 0.110. The monoisotopic (exact) mass is 215 g/mol. The van der Waals surface area contributed by atoms with Crippen molar-refractivity contribution >= 4 is 11.6 Å². The number of carbonyl (C=O) groups is 1. The normalized spacial score (nSPS) is 9.93. The molecule has 0 atom stereocenters. The summed E-state index contributed by atoms with van der Waals surface area (Å²) in [5.41, 5.74) is -0.110. The number of halogens is 2. The number of hydrogen-bond donors (Lipinski definition) is 0. The zero-order valence-corrected chi connectivity index (χ0v) is 8.67. The van der Waals surface area contributed by atoms with Crippen molar-refractivity contribution in [3.05, 3.63) is 23.8 Å². The number of benzene rings is 1. The maximum absolute atomic E-state index is 13.4. The first kappa shape index (κ1) is 11.4. The summed E-state index contributed by atoms with van der Waals surface area (Å²) < 4.78 is 31.2. The van der Waals surface area contributed by atoms with Crippen LogP contribution in [0.2, 0.25) is 0 Å². The van der Waals surface area contributed by atoms with Gasteiger partial charge in [-0.3, -0.25) is 4.79 Å². The van der Waals surface area contributed by atoms with Crippen LogP contribution in [0, 0.1) is 11.6 Å². The average molecular weight is 215 g/mol. The molecule has 15 heavy (non-hydrogen) atoms. The van der Waals surface area contributed by atoms with Gasteiger partial charge in [0.2, 0.25) is 5.91 Å². The second-order valence-electron chi connectivity index (χ2n) is 3.02.